The summed E-state index contributed by atoms with van der Waals surface area (Å²) in [6.07, 6.45) is 12.7. The predicted molar refractivity (Wildman–Crippen MR) is 215 cm³/mol. The largest absolute Gasteiger partial charge is 0.260 e. The number of benzene rings is 5. The van der Waals surface area contributed by atoms with Crippen molar-refractivity contribution in [1.82, 2.24) is 4.98 Å². The molecule has 0 spiro atoms. The van der Waals surface area contributed by atoms with Crippen molar-refractivity contribution in [1.29, 1.82) is 0 Å². The van der Waals surface area contributed by atoms with Gasteiger partial charge in [-0.05, 0) is 82.5 Å². The molecule has 0 bridgehead atoms. The SMILES string of the molecule is C=C/C(=C\N=C(/C)c1cccc2c3c(sc12)C=CCC3)c1cccc2cc(-c3ccc(-c4cccc5c4sc4ccccc45)nc3)ccc12. The van der Waals surface area contributed by atoms with E-state index in [1.807, 2.05) is 41.1 Å². The van der Waals surface area contributed by atoms with Crippen LogP contribution in [-0.2, 0) is 6.42 Å². The van der Waals surface area contributed by atoms with Gasteiger partial charge in [0.05, 0.1) is 5.69 Å². The van der Waals surface area contributed by atoms with Crippen LogP contribution >= 0.6 is 22.7 Å². The molecule has 0 saturated carbocycles. The fourth-order valence-corrected chi connectivity index (χ4v) is 9.71. The van der Waals surface area contributed by atoms with E-state index < -0.39 is 0 Å². The van der Waals surface area contributed by atoms with Crippen LogP contribution in [0.2, 0.25) is 0 Å². The Kier molecular flexibility index (Phi) is 7.41. The van der Waals surface area contributed by atoms with Crippen LogP contribution in [0.15, 0.2) is 145 Å². The second kappa shape index (κ2) is 12.2. The van der Waals surface area contributed by atoms with Crippen molar-refractivity contribution in [3.05, 3.63) is 162 Å². The first kappa shape index (κ1) is 29.7. The van der Waals surface area contributed by atoms with E-state index in [9.17, 15) is 0 Å². The summed E-state index contributed by atoms with van der Waals surface area (Å²) in [4.78, 5) is 11.3. The number of aromatic nitrogens is 1. The Balaban J connectivity index is 1.03. The van der Waals surface area contributed by atoms with Crippen molar-refractivity contribution >= 4 is 81.1 Å². The minimum absolute atomic E-state index is 0.993. The third kappa shape index (κ3) is 5.16. The maximum Gasteiger partial charge on any atom is 0.0716 e. The van der Waals surface area contributed by atoms with Crippen LogP contribution in [0.25, 0.3) is 75.1 Å². The maximum absolute atomic E-state index is 5.00. The molecule has 49 heavy (non-hydrogen) atoms. The molecular weight excluding hydrogens is 633 g/mol. The molecule has 8 aromatic rings. The molecule has 0 atom stereocenters. The average molecular weight is 665 g/mol. The molecule has 2 nitrogen and oxygen atoms in total. The highest BCUT2D eigenvalue weighted by atomic mass is 32.1. The quantitative estimate of drug-likeness (QED) is 0.128. The van der Waals surface area contributed by atoms with Gasteiger partial charge in [-0.2, -0.15) is 0 Å². The van der Waals surface area contributed by atoms with Crippen molar-refractivity contribution in [3.63, 3.8) is 0 Å². The molecule has 9 rings (SSSR count). The molecule has 0 saturated heterocycles. The number of aliphatic imine (C=N–C) groups is 1. The third-order valence-corrected chi connectivity index (χ3v) is 12.1. The Bertz CT molecular complexity index is 2680. The average Bonchev–Trinajstić information content (AvgIpc) is 3.73. The van der Waals surface area contributed by atoms with E-state index in [0.29, 0.717) is 0 Å². The van der Waals surface area contributed by atoms with E-state index in [4.69, 9.17) is 9.98 Å². The number of allylic oxidation sites excluding steroid dienone is 3. The second-order valence-corrected chi connectivity index (χ2v) is 14.6. The normalized spacial score (nSPS) is 13.5. The fraction of sp³-hybridized carbons (Fsp3) is 0.0667. The molecule has 0 N–H and O–H groups in total. The summed E-state index contributed by atoms with van der Waals surface area (Å²) in [7, 11) is 0. The van der Waals surface area contributed by atoms with Crippen molar-refractivity contribution in [2.24, 2.45) is 4.99 Å². The summed E-state index contributed by atoms with van der Waals surface area (Å²) in [5.41, 5.74) is 10.2. The number of thiophene rings is 2. The molecule has 0 radical (unpaired) electrons. The minimum Gasteiger partial charge on any atom is -0.260 e. The van der Waals surface area contributed by atoms with E-state index >= 15 is 0 Å². The first-order chi connectivity index (χ1) is 24.2. The minimum atomic E-state index is 0.993. The first-order valence-electron chi connectivity index (χ1n) is 16.6. The fourth-order valence-electron chi connectivity index (χ4n) is 7.14. The summed E-state index contributed by atoms with van der Waals surface area (Å²) in [6.45, 7) is 6.28. The van der Waals surface area contributed by atoms with Gasteiger partial charge in [0.1, 0.15) is 0 Å². The molecule has 1 aliphatic carbocycles. The van der Waals surface area contributed by atoms with E-state index in [1.54, 1.807) is 0 Å². The zero-order valence-electron chi connectivity index (χ0n) is 27.1. The Hall–Kier alpha value is -5.42. The topological polar surface area (TPSA) is 25.2 Å². The number of rotatable bonds is 6. The standard InChI is InChI=1S/C45H32N2S2/c1-3-29(26-46-28(2)33-14-9-16-38-36-12-4-6-19-42(36)48-44(33)38)34-15-8-11-31-25-30(21-23-35(31)34)32-22-24-41(47-27-32)40-18-10-17-39-37-13-5-7-20-43(37)49-45(39)40/h3,5-11,13-27H,1,4,12H2,2H3/b29-26+,46-28+. The van der Waals surface area contributed by atoms with Gasteiger partial charge in [0.25, 0.3) is 0 Å². The summed E-state index contributed by atoms with van der Waals surface area (Å²) >= 11 is 3.72. The Morgan fingerprint density at radius 1 is 0.755 bits per heavy atom. The van der Waals surface area contributed by atoms with Gasteiger partial charge in [-0.25, -0.2) is 0 Å². The van der Waals surface area contributed by atoms with Gasteiger partial charge < -0.3 is 0 Å². The van der Waals surface area contributed by atoms with Gasteiger partial charge >= 0.3 is 0 Å². The lowest BCUT2D eigenvalue weighted by atomic mass is 9.95. The lowest BCUT2D eigenvalue weighted by Gasteiger charge is -2.10. The molecule has 0 amide bonds. The lowest BCUT2D eigenvalue weighted by molar-refractivity contribution is 1.01. The molecule has 0 aliphatic heterocycles. The molecule has 1 aliphatic rings. The Morgan fingerprint density at radius 3 is 2.47 bits per heavy atom. The van der Waals surface area contributed by atoms with Crippen LogP contribution in [0, 0.1) is 0 Å². The van der Waals surface area contributed by atoms with Gasteiger partial charge in [-0.15, -0.1) is 22.7 Å². The highest BCUT2D eigenvalue weighted by Gasteiger charge is 2.16. The Morgan fingerprint density at radius 2 is 1.57 bits per heavy atom. The van der Waals surface area contributed by atoms with Crippen molar-refractivity contribution in [2.45, 2.75) is 19.8 Å². The monoisotopic (exact) mass is 664 g/mol. The molecule has 3 aromatic heterocycles. The summed E-state index contributed by atoms with van der Waals surface area (Å²) in [5, 5.41) is 6.31. The van der Waals surface area contributed by atoms with Crippen LogP contribution < -0.4 is 0 Å². The Labute approximate surface area is 293 Å². The van der Waals surface area contributed by atoms with Gasteiger partial charge in [0.15, 0.2) is 0 Å². The molecule has 234 valence electrons. The number of fused-ring (bicyclic) bond motifs is 7. The molecule has 5 aromatic carbocycles. The van der Waals surface area contributed by atoms with Crippen LogP contribution in [0.4, 0.5) is 0 Å². The van der Waals surface area contributed by atoms with Crippen LogP contribution in [0.3, 0.4) is 0 Å². The molecule has 4 heteroatoms. The molecule has 3 heterocycles. The number of pyridine rings is 1. The van der Waals surface area contributed by atoms with Crippen LogP contribution in [0.5, 0.6) is 0 Å². The predicted octanol–water partition coefficient (Wildman–Crippen LogP) is 13.1. The van der Waals surface area contributed by atoms with E-state index in [0.717, 1.165) is 46.5 Å². The third-order valence-electron chi connectivity index (χ3n) is 9.66. The number of hydrogen-bond acceptors (Lipinski definition) is 4. The highest BCUT2D eigenvalue weighted by Crippen LogP contribution is 2.40. The molecular formula is C45H32N2S2. The van der Waals surface area contributed by atoms with E-state index in [-0.39, 0.29) is 0 Å². The lowest BCUT2D eigenvalue weighted by Crippen LogP contribution is -1.95. The number of hydrogen-bond donors (Lipinski definition) is 0. The van der Waals surface area contributed by atoms with Gasteiger partial charge in [-0.1, -0.05) is 110 Å². The van der Waals surface area contributed by atoms with Crippen molar-refractivity contribution < 1.29 is 0 Å². The summed E-state index contributed by atoms with van der Waals surface area (Å²) < 4.78 is 3.92. The van der Waals surface area contributed by atoms with Gasteiger partial charge in [0, 0.05) is 64.5 Å². The summed E-state index contributed by atoms with van der Waals surface area (Å²) in [6, 6.07) is 39.2. The van der Waals surface area contributed by atoms with Crippen LogP contribution in [-0.4, -0.2) is 10.7 Å². The number of nitrogens with zero attached hydrogens (tertiary/aromatic N) is 2. The maximum atomic E-state index is 5.00. The highest BCUT2D eigenvalue weighted by molar-refractivity contribution is 7.26. The molecule has 0 fully saturated rings. The van der Waals surface area contributed by atoms with E-state index in [1.165, 1.54) is 62.6 Å². The number of aryl methyl sites for hydroxylation is 1. The molecule has 0 unspecified atom stereocenters. The second-order valence-electron chi connectivity index (χ2n) is 12.5. The van der Waals surface area contributed by atoms with Crippen molar-refractivity contribution in [3.8, 4) is 22.4 Å². The van der Waals surface area contributed by atoms with E-state index in [2.05, 4.69) is 135 Å². The first-order valence-corrected chi connectivity index (χ1v) is 18.3. The van der Waals surface area contributed by atoms with Gasteiger partial charge in [-0.3, -0.25) is 9.98 Å². The van der Waals surface area contributed by atoms with Gasteiger partial charge in [0.2, 0.25) is 0 Å². The zero-order chi connectivity index (χ0) is 32.9. The zero-order valence-corrected chi connectivity index (χ0v) is 28.7. The van der Waals surface area contributed by atoms with Crippen molar-refractivity contribution in [2.75, 3.05) is 0 Å². The smallest absolute Gasteiger partial charge is 0.0716 e. The summed E-state index contributed by atoms with van der Waals surface area (Å²) in [5.74, 6) is 0. The van der Waals surface area contributed by atoms with Crippen LogP contribution in [0.1, 0.15) is 34.9 Å².